The summed E-state index contributed by atoms with van der Waals surface area (Å²) in [6.07, 6.45) is 2.78. The Hall–Kier alpha value is -1.32. The summed E-state index contributed by atoms with van der Waals surface area (Å²) in [4.78, 5) is 10.5. The fourth-order valence-corrected chi connectivity index (χ4v) is 1.24. The van der Waals surface area contributed by atoms with Gasteiger partial charge in [0.25, 0.3) is 0 Å². The van der Waals surface area contributed by atoms with Gasteiger partial charge in [0.15, 0.2) is 0 Å². The van der Waals surface area contributed by atoms with Gasteiger partial charge in [-0.25, -0.2) is 0 Å². The maximum atomic E-state index is 10.5. The Bertz CT molecular complexity index is 374. The van der Waals surface area contributed by atoms with E-state index in [1.165, 1.54) is 6.08 Å². The quantitative estimate of drug-likeness (QED) is 0.741. The van der Waals surface area contributed by atoms with Crippen molar-refractivity contribution in [3.05, 3.63) is 40.4 Å². The second-order valence-electron chi connectivity index (χ2n) is 2.74. The van der Waals surface area contributed by atoms with Crippen molar-refractivity contribution in [3.63, 3.8) is 0 Å². The largest absolute Gasteiger partial charge is 0.392 e. The third-order valence-corrected chi connectivity index (χ3v) is 1.94. The molecule has 0 aliphatic carbocycles. The molecule has 1 amide bonds. The summed E-state index contributed by atoms with van der Waals surface area (Å²) in [6.45, 7) is -0.126. The number of hydrogen-bond acceptors (Lipinski definition) is 2. The lowest BCUT2D eigenvalue weighted by atomic mass is 10.1. The van der Waals surface area contributed by atoms with Crippen molar-refractivity contribution in [3.8, 4) is 0 Å². The summed E-state index contributed by atoms with van der Waals surface area (Å²) in [5, 5.41) is 9.55. The third-order valence-electron chi connectivity index (χ3n) is 1.70. The van der Waals surface area contributed by atoms with Crippen LogP contribution in [0.25, 0.3) is 6.08 Å². The van der Waals surface area contributed by atoms with E-state index in [4.69, 9.17) is 22.4 Å². The van der Waals surface area contributed by atoms with E-state index in [0.717, 1.165) is 5.56 Å². The summed E-state index contributed by atoms with van der Waals surface area (Å²) in [5.74, 6) is -0.524. The van der Waals surface area contributed by atoms with Crippen LogP contribution in [0, 0.1) is 0 Å². The van der Waals surface area contributed by atoms with Gasteiger partial charge in [0.05, 0.1) is 6.61 Å². The van der Waals surface area contributed by atoms with E-state index in [9.17, 15) is 4.79 Å². The van der Waals surface area contributed by atoms with Crippen molar-refractivity contribution in [1.29, 1.82) is 0 Å². The van der Waals surface area contributed by atoms with E-state index in [2.05, 4.69) is 0 Å². The molecule has 3 nitrogen and oxygen atoms in total. The van der Waals surface area contributed by atoms with Gasteiger partial charge in [-0.2, -0.15) is 0 Å². The number of benzene rings is 1. The van der Waals surface area contributed by atoms with Gasteiger partial charge in [0.2, 0.25) is 5.91 Å². The highest BCUT2D eigenvalue weighted by molar-refractivity contribution is 6.30. The number of carbonyl (C=O) groups excluding carboxylic acids is 1. The van der Waals surface area contributed by atoms with Gasteiger partial charge in [-0.1, -0.05) is 17.7 Å². The number of nitrogens with two attached hydrogens (primary N) is 1. The van der Waals surface area contributed by atoms with Crippen molar-refractivity contribution >= 4 is 23.6 Å². The molecule has 1 rings (SSSR count). The van der Waals surface area contributed by atoms with Crippen LogP contribution in [-0.2, 0) is 11.4 Å². The summed E-state index contributed by atoms with van der Waals surface area (Å²) < 4.78 is 0. The molecule has 0 aromatic heterocycles. The molecule has 4 heteroatoms. The molecule has 0 fully saturated rings. The molecule has 3 N–H and O–H groups in total. The minimum Gasteiger partial charge on any atom is -0.392 e. The Balaban J connectivity index is 3.02. The molecule has 1 aromatic rings. The average Bonchev–Trinajstić information content (AvgIpc) is 2.15. The van der Waals surface area contributed by atoms with E-state index in [0.29, 0.717) is 10.6 Å². The first-order valence-electron chi connectivity index (χ1n) is 4.00. The van der Waals surface area contributed by atoms with E-state index in [1.54, 1.807) is 24.3 Å². The van der Waals surface area contributed by atoms with Crippen LogP contribution < -0.4 is 5.73 Å². The zero-order valence-corrected chi connectivity index (χ0v) is 8.16. The molecule has 0 bridgehead atoms. The van der Waals surface area contributed by atoms with Crippen molar-refractivity contribution in [2.75, 3.05) is 0 Å². The number of aliphatic hydroxyl groups is 1. The van der Waals surface area contributed by atoms with Gasteiger partial charge in [-0.3, -0.25) is 4.79 Å². The number of rotatable bonds is 3. The molecule has 0 heterocycles. The number of primary amides is 1. The van der Waals surface area contributed by atoms with Gasteiger partial charge >= 0.3 is 0 Å². The normalized spacial score (nSPS) is 10.7. The van der Waals surface area contributed by atoms with E-state index >= 15 is 0 Å². The van der Waals surface area contributed by atoms with Gasteiger partial charge in [0.1, 0.15) is 0 Å². The Kier molecular flexibility index (Phi) is 3.68. The molecule has 0 aliphatic heterocycles. The van der Waals surface area contributed by atoms with E-state index < -0.39 is 5.91 Å². The van der Waals surface area contributed by atoms with Gasteiger partial charge in [0, 0.05) is 11.1 Å². The molecule has 0 atom stereocenters. The van der Waals surface area contributed by atoms with Crippen molar-refractivity contribution < 1.29 is 9.90 Å². The Labute approximate surface area is 86.8 Å². The first-order chi connectivity index (χ1) is 6.63. The van der Waals surface area contributed by atoms with E-state index in [-0.39, 0.29) is 6.61 Å². The summed E-state index contributed by atoms with van der Waals surface area (Å²) in [5.41, 5.74) is 6.34. The highest BCUT2D eigenvalue weighted by Crippen LogP contribution is 2.17. The van der Waals surface area contributed by atoms with Crippen LogP contribution in [0.1, 0.15) is 11.1 Å². The second kappa shape index (κ2) is 4.79. The van der Waals surface area contributed by atoms with Gasteiger partial charge in [-0.05, 0) is 29.3 Å². The number of amides is 1. The lowest BCUT2D eigenvalue weighted by Gasteiger charge is -2.02. The Morgan fingerprint density at radius 3 is 2.86 bits per heavy atom. The molecule has 0 unspecified atom stereocenters. The van der Waals surface area contributed by atoms with Crippen LogP contribution >= 0.6 is 11.6 Å². The zero-order valence-electron chi connectivity index (χ0n) is 7.40. The zero-order chi connectivity index (χ0) is 10.6. The number of aliphatic hydroxyl groups excluding tert-OH is 1. The van der Waals surface area contributed by atoms with Crippen molar-refractivity contribution in [2.24, 2.45) is 5.73 Å². The molecule has 0 radical (unpaired) electrons. The summed E-state index contributed by atoms with van der Waals surface area (Å²) in [7, 11) is 0. The summed E-state index contributed by atoms with van der Waals surface area (Å²) >= 11 is 5.73. The van der Waals surface area contributed by atoms with Crippen molar-refractivity contribution in [2.45, 2.75) is 6.61 Å². The molecular weight excluding hydrogens is 202 g/mol. The predicted octanol–water partition coefficient (Wildman–Crippen LogP) is 1.33. The summed E-state index contributed by atoms with van der Waals surface area (Å²) in [6, 6.07) is 5.04. The maximum Gasteiger partial charge on any atom is 0.241 e. The molecule has 14 heavy (non-hydrogen) atoms. The predicted molar refractivity (Wildman–Crippen MR) is 55.6 cm³/mol. The fraction of sp³-hybridized carbons (Fsp3) is 0.100. The average molecular weight is 212 g/mol. The third kappa shape index (κ3) is 2.87. The minimum absolute atomic E-state index is 0.126. The first kappa shape index (κ1) is 10.8. The van der Waals surface area contributed by atoms with Crippen LogP contribution in [0.2, 0.25) is 5.02 Å². The maximum absolute atomic E-state index is 10.5. The van der Waals surface area contributed by atoms with Crippen LogP contribution in [0.3, 0.4) is 0 Å². The molecular formula is C10H10ClNO2. The van der Waals surface area contributed by atoms with Gasteiger partial charge < -0.3 is 10.8 Å². The lowest BCUT2D eigenvalue weighted by Crippen LogP contribution is -2.05. The number of hydrogen-bond donors (Lipinski definition) is 2. The van der Waals surface area contributed by atoms with E-state index in [1.807, 2.05) is 0 Å². The van der Waals surface area contributed by atoms with Crippen LogP contribution in [0.4, 0.5) is 0 Å². The molecule has 0 saturated heterocycles. The SMILES string of the molecule is NC(=O)C=Cc1ccc(Cl)cc1CO. The van der Waals surface area contributed by atoms with Crippen LogP contribution in [0.5, 0.6) is 0 Å². The van der Waals surface area contributed by atoms with Crippen molar-refractivity contribution in [1.82, 2.24) is 0 Å². The molecule has 0 spiro atoms. The fourth-order valence-electron chi connectivity index (χ4n) is 1.05. The molecule has 0 aliphatic rings. The molecule has 74 valence electrons. The lowest BCUT2D eigenvalue weighted by molar-refractivity contribution is -0.113. The topological polar surface area (TPSA) is 63.3 Å². The van der Waals surface area contributed by atoms with Crippen LogP contribution in [0.15, 0.2) is 24.3 Å². The van der Waals surface area contributed by atoms with Crippen LogP contribution in [-0.4, -0.2) is 11.0 Å². The first-order valence-corrected chi connectivity index (χ1v) is 4.38. The second-order valence-corrected chi connectivity index (χ2v) is 3.17. The Morgan fingerprint density at radius 2 is 2.29 bits per heavy atom. The minimum atomic E-state index is -0.524. The highest BCUT2D eigenvalue weighted by atomic mass is 35.5. The standard InChI is InChI=1S/C10H10ClNO2/c11-9-3-1-7(2-4-10(12)14)8(5-9)6-13/h1-5,13H,6H2,(H2,12,14). The molecule has 0 saturated carbocycles. The number of carbonyl (C=O) groups is 1. The van der Waals surface area contributed by atoms with Gasteiger partial charge in [-0.15, -0.1) is 0 Å². The smallest absolute Gasteiger partial charge is 0.241 e. The number of halogens is 1. The Morgan fingerprint density at radius 1 is 1.57 bits per heavy atom. The monoisotopic (exact) mass is 211 g/mol. The molecule has 1 aromatic carbocycles. The highest BCUT2D eigenvalue weighted by Gasteiger charge is 1.99.